The summed E-state index contributed by atoms with van der Waals surface area (Å²) in [5.74, 6) is -1.26. The number of fused-ring (bicyclic) bond motifs is 3. The molecule has 4 rings (SSSR count). The summed E-state index contributed by atoms with van der Waals surface area (Å²) in [6, 6.07) is 15.9. The first kappa shape index (κ1) is 24.7. The molecular formula is C27H32N2O6. The molecule has 2 aliphatic rings. The van der Waals surface area contributed by atoms with Gasteiger partial charge in [-0.3, -0.25) is 9.59 Å². The molecule has 8 nitrogen and oxygen atoms in total. The molecule has 1 fully saturated rings. The Morgan fingerprint density at radius 3 is 2.34 bits per heavy atom. The molecule has 0 saturated heterocycles. The summed E-state index contributed by atoms with van der Waals surface area (Å²) in [5, 5.41) is 15.0. The SMILES string of the molecule is CC1(C(=O)O)CCCCC1NC(=O)COCCNC(=O)OCC1c2ccccc2-c2ccccc21. The number of carboxylic acids is 1. The number of carbonyl (C=O) groups excluding carboxylic acids is 2. The maximum absolute atomic E-state index is 12.2. The molecule has 3 N–H and O–H groups in total. The summed E-state index contributed by atoms with van der Waals surface area (Å²) in [4.78, 5) is 36.1. The molecule has 0 heterocycles. The van der Waals surface area contributed by atoms with Crippen LogP contribution in [0.3, 0.4) is 0 Å². The second kappa shape index (κ2) is 10.9. The standard InChI is InChI=1S/C27H32N2O6/c1-27(25(31)32)13-7-6-12-23(27)29-24(30)17-34-15-14-28-26(33)35-16-22-20-10-4-2-8-18(20)19-9-3-5-11-21(19)22/h2-5,8-11,22-23H,6-7,12-17H2,1H3,(H,28,33)(H,29,30)(H,31,32). The number of carboxylic acid groups (broad SMARTS) is 1. The van der Waals surface area contributed by atoms with Gasteiger partial charge in [0.1, 0.15) is 13.2 Å². The number of amides is 2. The highest BCUT2D eigenvalue weighted by molar-refractivity contribution is 5.81. The lowest BCUT2D eigenvalue weighted by atomic mass is 9.71. The molecule has 35 heavy (non-hydrogen) atoms. The number of rotatable bonds is 9. The number of hydrogen-bond acceptors (Lipinski definition) is 5. The third-order valence-corrected chi connectivity index (χ3v) is 7.12. The molecule has 8 heteroatoms. The number of alkyl carbamates (subject to hydrolysis) is 1. The first-order valence-corrected chi connectivity index (χ1v) is 12.1. The Morgan fingerprint density at radius 1 is 1.03 bits per heavy atom. The van der Waals surface area contributed by atoms with Crippen molar-refractivity contribution in [2.75, 3.05) is 26.4 Å². The molecule has 2 amide bonds. The van der Waals surface area contributed by atoms with Gasteiger partial charge in [-0.25, -0.2) is 4.79 Å². The van der Waals surface area contributed by atoms with Crippen LogP contribution < -0.4 is 10.6 Å². The summed E-state index contributed by atoms with van der Waals surface area (Å²) in [5.41, 5.74) is 3.67. The zero-order chi connectivity index (χ0) is 24.8. The lowest BCUT2D eigenvalue weighted by molar-refractivity contribution is -0.152. The molecular weight excluding hydrogens is 448 g/mol. The van der Waals surface area contributed by atoms with Crippen molar-refractivity contribution in [2.45, 2.75) is 44.6 Å². The van der Waals surface area contributed by atoms with Gasteiger partial charge in [-0.1, -0.05) is 61.4 Å². The largest absolute Gasteiger partial charge is 0.481 e. The van der Waals surface area contributed by atoms with Crippen molar-refractivity contribution in [3.8, 4) is 11.1 Å². The highest BCUT2D eigenvalue weighted by Gasteiger charge is 2.43. The summed E-state index contributed by atoms with van der Waals surface area (Å²) in [6.07, 6.45) is 2.36. The molecule has 0 bridgehead atoms. The van der Waals surface area contributed by atoms with E-state index in [0.717, 1.165) is 24.0 Å². The predicted molar refractivity (Wildman–Crippen MR) is 130 cm³/mol. The Morgan fingerprint density at radius 2 is 1.69 bits per heavy atom. The van der Waals surface area contributed by atoms with E-state index in [1.165, 1.54) is 11.1 Å². The van der Waals surface area contributed by atoms with E-state index in [-0.39, 0.29) is 38.2 Å². The van der Waals surface area contributed by atoms with Crippen LogP contribution in [0.15, 0.2) is 48.5 Å². The van der Waals surface area contributed by atoms with Gasteiger partial charge in [-0.05, 0) is 42.0 Å². The van der Waals surface area contributed by atoms with Gasteiger partial charge in [0.2, 0.25) is 5.91 Å². The number of aliphatic carboxylic acids is 1. The Balaban J connectivity index is 1.16. The van der Waals surface area contributed by atoms with Crippen LogP contribution in [0.1, 0.15) is 49.7 Å². The van der Waals surface area contributed by atoms with E-state index in [1.54, 1.807) is 6.92 Å². The molecule has 1 saturated carbocycles. The Bertz CT molecular complexity index is 1040. The van der Waals surface area contributed by atoms with Crippen molar-refractivity contribution in [3.05, 3.63) is 59.7 Å². The van der Waals surface area contributed by atoms with E-state index in [1.807, 2.05) is 24.3 Å². The van der Waals surface area contributed by atoms with E-state index >= 15 is 0 Å². The molecule has 0 radical (unpaired) electrons. The first-order valence-electron chi connectivity index (χ1n) is 12.1. The molecule has 0 spiro atoms. The highest BCUT2D eigenvalue weighted by Crippen LogP contribution is 2.44. The van der Waals surface area contributed by atoms with E-state index in [0.29, 0.717) is 12.8 Å². The smallest absolute Gasteiger partial charge is 0.407 e. The Hall–Kier alpha value is -3.39. The fourth-order valence-corrected chi connectivity index (χ4v) is 5.10. The van der Waals surface area contributed by atoms with Gasteiger partial charge < -0.3 is 25.2 Å². The fraction of sp³-hybridized carbons (Fsp3) is 0.444. The van der Waals surface area contributed by atoms with Crippen LogP contribution in [0, 0.1) is 5.41 Å². The van der Waals surface area contributed by atoms with Gasteiger partial charge in [0, 0.05) is 18.5 Å². The van der Waals surface area contributed by atoms with Gasteiger partial charge in [0.25, 0.3) is 0 Å². The van der Waals surface area contributed by atoms with Gasteiger partial charge in [-0.2, -0.15) is 0 Å². The Labute approximate surface area is 205 Å². The maximum atomic E-state index is 12.2. The normalized spacial score (nSPS) is 21.0. The van der Waals surface area contributed by atoms with Crippen molar-refractivity contribution in [3.63, 3.8) is 0 Å². The molecule has 2 atom stereocenters. The lowest BCUT2D eigenvalue weighted by Gasteiger charge is -2.38. The second-order valence-corrected chi connectivity index (χ2v) is 9.39. The number of nitrogens with one attached hydrogen (secondary N) is 2. The number of benzene rings is 2. The summed E-state index contributed by atoms with van der Waals surface area (Å²) in [7, 11) is 0. The molecule has 0 aliphatic heterocycles. The Kier molecular flexibility index (Phi) is 7.70. The van der Waals surface area contributed by atoms with Crippen LogP contribution in [0.25, 0.3) is 11.1 Å². The first-order chi connectivity index (χ1) is 16.9. The summed E-state index contributed by atoms with van der Waals surface area (Å²) >= 11 is 0. The predicted octanol–water partition coefficient (Wildman–Crippen LogP) is 3.69. The van der Waals surface area contributed by atoms with E-state index in [9.17, 15) is 19.5 Å². The van der Waals surface area contributed by atoms with E-state index < -0.39 is 23.5 Å². The molecule has 2 aliphatic carbocycles. The van der Waals surface area contributed by atoms with E-state index in [4.69, 9.17) is 9.47 Å². The van der Waals surface area contributed by atoms with Crippen molar-refractivity contribution in [1.29, 1.82) is 0 Å². The zero-order valence-corrected chi connectivity index (χ0v) is 19.9. The van der Waals surface area contributed by atoms with Crippen LogP contribution in [0.5, 0.6) is 0 Å². The number of ether oxygens (including phenoxy) is 2. The average Bonchev–Trinajstić information content (AvgIpc) is 3.17. The third kappa shape index (κ3) is 5.48. The number of hydrogen-bond donors (Lipinski definition) is 3. The highest BCUT2D eigenvalue weighted by atomic mass is 16.5. The van der Waals surface area contributed by atoms with Crippen LogP contribution >= 0.6 is 0 Å². The van der Waals surface area contributed by atoms with Crippen LogP contribution in [0.4, 0.5) is 4.79 Å². The van der Waals surface area contributed by atoms with Crippen molar-refractivity contribution in [1.82, 2.24) is 10.6 Å². The van der Waals surface area contributed by atoms with Gasteiger partial charge in [0.15, 0.2) is 0 Å². The molecule has 2 unspecified atom stereocenters. The van der Waals surface area contributed by atoms with E-state index in [2.05, 4.69) is 34.9 Å². The second-order valence-electron chi connectivity index (χ2n) is 9.39. The monoisotopic (exact) mass is 480 g/mol. The lowest BCUT2D eigenvalue weighted by Crippen LogP contribution is -2.53. The average molecular weight is 481 g/mol. The van der Waals surface area contributed by atoms with Gasteiger partial charge in [-0.15, -0.1) is 0 Å². The molecule has 2 aromatic carbocycles. The maximum Gasteiger partial charge on any atom is 0.407 e. The molecule has 186 valence electrons. The third-order valence-electron chi connectivity index (χ3n) is 7.12. The van der Waals surface area contributed by atoms with Crippen LogP contribution in [-0.2, 0) is 19.1 Å². The molecule has 2 aromatic rings. The minimum absolute atomic E-state index is 0.00984. The minimum Gasteiger partial charge on any atom is -0.481 e. The fourth-order valence-electron chi connectivity index (χ4n) is 5.10. The van der Waals surface area contributed by atoms with Crippen molar-refractivity contribution in [2.24, 2.45) is 5.41 Å². The van der Waals surface area contributed by atoms with Gasteiger partial charge >= 0.3 is 12.1 Å². The van der Waals surface area contributed by atoms with Crippen molar-refractivity contribution < 1.29 is 29.0 Å². The van der Waals surface area contributed by atoms with Crippen LogP contribution in [-0.4, -0.2) is 55.5 Å². The quantitative estimate of drug-likeness (QED) is 0.472. The zero-order valence-electron chi connectivity index (χ0n) is 19.9. The van der Waals surface area contributed by atoms with Crippen molar-refractivity contribution >= 4 is 18.0 Å². The van der Waals surface area contributed by atoms with Crippen LogP contribution in [0.2, 0.25) is 0 Å². The summed E-state index contributed by atoms with van der Waals surface area (Å²) in [6.45, 7) is 2.04. The topological polar surface area (TPSA) is 114 Å². The van der Waals surface area contributed by atoms with Gasteiger partial charge in [0.05, 0.1) is 12.0 Å². The summed E-state index contributed by atoms with van der Waals surface area (Å²) < 4.78 is 10.8. The number of carbonyl (C=O) groups is 3. The molecule has 0 aromatic heterocycles. The minimum atomic E-state index is -0.959.